The van der Waals surface area contributed by atoms with Gasteiger partial charge in [-0.3, -0.25) is 4.99 Å². The fraction of sp³-hybridized carbons (Fsp3) is 0.933. The second kappa shape index (κ2) is 7.97. The van der Waals surface area contributed by atoms with E-state index < -0.39 is 0 Å². The van der Waals surface area contributed by atoms with Gasteiger partial charge in [0.2, 0.25) is 0 Å². The largest absolute Gasteiger partial charge is 0.373 e. The second-order valence-corrected chi connectivity index (χ2v) is 6.36. The monoisotopic (exact) mass is 408 g/mol. The van der Waals surface area contributed by atoms with Gasteiger partial charge in [-0.05, 0) is 52.6 Å². The molecule has 4 atom stereocenters. The maximum Gasteiger partial charge on any atom is 0.191 e. The Labute approximate surface area is 145 Å². The smallest absolute Gasteiger partial charge is 0.191 e. The predicted molar refractivity (Wildman–Crippen MR) is 96.5 cm³/mol. The average Bonchev–Trinajstić information content (AvgIpc) is 3.13. The molecule has 0 saturated carbocycles. The Morgan fingerprint density at radius 1 is 1.33 bits per heavy atom. The highest BCUT2D eigenvalue weighted by Crippen LogP contribution is 2.34. The van der Waals surface area contributed by atoms with Gasteiger partial charge in [0.1, 0.15) is 0 Å². The Morgan fingerprint density at radius 2 is 2.19 bits per heavy atom. The van der Waals surface area contributed by atoms with Crippen molar-refractivity contribution >= 4 is 29.9 Å². The van der Waals surface area contributed by atoms with Gasteiger partial charge in [-0.15, -0.1) is 24.0 Å². The fourth-order valence-corrected chi connectivity index (χ4v) is 3.69. The van der Waals surface area contributed by atoms with E-state index >= 15 is 0 Å². The molecule has 0 aromatic carbocycles. The molecule has 0 radical (unpaired) electrons. The number of nitrogens with one attached hydrogen (secondary N) is 2. The Bertz CT molecular complexity index is 366. The molecule has 4 unspecified atom stereocenters. The lowest BCUT2D eigenvalue weighted by Gasteiger charge is -2.23. The van der Waals surface area contributed by atoms with Crippen molar-refractivity contribution in [1.82, 2.24) is 15.5 Å². The van der Waals surface area contributed by atoms with Crippen molar-refractivity contribution in [3.63, 3.8) is 0 Å². The van der Waals surface area contributed by atoms with Crippen molar-refractivity contribution in [2.75, 3.05) is 26.7 Å². The summed E-state index contributed by atoms with van der Waals surface area (Å²) in [5.41, 5.74) is 0. The first-order valence-corrected chi connectivity index (χ1v) is 8.17. The van der Waals surface area contributed by atoms with E-state index in [1.54, 1.807) is 0 Å². The molecule has 0 amide bonds. The van der Waals surface area contributed by atoms with E-state index in [9.17, 15) is 0 Å². The van der Waals surface area contributed by atoms with Crippen LogP contribution >= 0.6 is 24.0 Å². The molecule has 3 aliphatic heterocycles. The van der Waals surface area contributed by atoms with Gasteiger partial charge >= 0.3 is 0 Å². The highest BCUT2D eigenvalue weighted by atomic mass is 127. The van der Waals surface area contributed by atoms with E-state index in [0.717, 1.165) is 25.5 Å². The summed E-state index contributed by atoms with van der Waals surface area (Å²) in [6.45, 7) is 5.14. The van der Waals surface area contributed by atoms with Crippen LogP contribution in [-0.2, 0) is 4.74 Å². The molecular formula is C15H29IN4O. The molecule has 0 aromatic rings. The maximum absolute atomic E-state index is 5.91. The van der Waals surface area contributed by atoms with Crippen molar-refractivity contribution in [2.24, 2.45) is 4.99 Å². The van der Waals surface area contributed by atoms with Crippen LogP contribution in [0.25, 0.3) is 0 Å². The highest BCUT2D eigenvalue weighted by molar-refractivity contribution is 14.0. The molecule has 0 aliphatic carbocycles. The standard InChI is InChI=1S/C15H28N4O.HI/c1-3-16-15(17-10-11-5-4-8-19(11)2)18-13-9-12-6-7-14(13)20-12;/h11-14H,3-10H2,1-2H3,(H2,16,17,18);1H. The Morgan fingerprint density at radius 3 is 2.76 bits per heavy atom. The molecule has 0 spiro atoms. The fourth-order valence-electron chi connectivity index (χ4n) is 3.69. The molecule has 6 heteroatoms. The number of rotatable bonds is 4. The van der Waals surface area contributed by atoms with E-state index in [2.05, 4.69) is 29.5 Å². The number of ether oxygens (including phenoxy) is 1. The Balaban J connectivity index is 0.00000161. The van der Waals surface area contributed by atoms with Crippen molar-refractivity contribution in [1.29, 1.82) is 0 Å². The van der Waals surface area contributed by atoms with Crippen molar-refractivity contribution in [2.45, 2.75) is 63.3 Å². The number of fused-ring (bicyclic) bond motifs is 2. The first-order chi connectivity index (χ1) is 9.76. The summed E-state index contributed by atoms with van der Waals surface area (Å²) in [4.78, 5) is 7.21. The first kappa shape index (κ1) is 17.3. The molecule has 5 nitrogen and oxygen atoms in total. The zero-order valence-corrected chi connectivity index (χ0v) is 15.5. The Kier molecular flexibility index (Phi) is 6.55. The van der Waals surface area contributed by atoms with E-state index in [0.29, 0.717) is 24.3 Å². The van der Waals surface area contributed by atoms with Crippen LogP contribution in [0.1, 0.15) is 39.0 Å². The number of hydrogen-bond acceptors (Lipinski definition) is 3. The quantitative estimate of drug-likeness (QED) is 0.421. The Hall–Kier alpha value is -0.0800. The van der Waals surface area contributed by atoms with E-state index in [4.69, 9.17) is 9.73 Å². The van der Waals surface area contributed by atoms with Crippen molar-refractivity contribution in [3.8, 4) is 0 Å². The number of likely N-dealkylation sites (tertiary alicyclic amines) is 1. The molecule has 2 bridgehead atoms. The topological polar surface area (TPSA) is 48.9 Å². The molecule has 122 valence electrons. The van der Waals surface area contributed by atoms with Gasteiger partial charge in [0.05, 0.1) is 24.8 Å². The van der Waals surface area contributed by atoms with Crippen LogP contribution in [0, 0.1) is 0 Å². The number of nitrogens with zero attached hydrogens (tertiary/aromatic N) is 2. The molecule has 3 aliphatic rings. The molecule has 3 fully saturated rings. The summed E-state index contributed by atoms with van der Waals surface area (Å²) >= 11 is 0. The van der Waals surface area contributed by atoms with Crippen LogP contribution in [0.2, 0.25) is 0 Å². The molecule has 21 heavy (non-hydrogen) atoms. The minimum atomic E-state index is 0. The van der Waals surface area contributed by atoms with E-state index in [1.807, 2.05) is 0 Å². The molecule has 0 aromatic heterocycles. The van der Waals surface area contributed by atoms with Crippen LogP contribution in [-0.4, -0.2) is 61.8 Å². The number of halogens is 1. The van der Waals surface area contributed by atoms with E-state index in [-0.39, 0.29) is 24.0 Å². The van der Waals surface area contributed by atoms with Crippen LogP contribution in [0.5, 0.6) is 0 Å². The third-order valence-corrected chi connectivity index (χ3v) is 4.90. The molecule has 3 rings (SSSR count). The molecule has 2 N–H and O–H groups in total. The van der Waals surface area contributed by atoms with Crippen LogP contribution in [0.3, 0.4) is 0 Å². The first-order valence-electron chi connectivity index (χ1n) is 8.17. The molecular weight excluding hydrogens is 379 g/mol. The second-order valence-electron chi connectivity index (χ2n) is 6.36. The number of hydrogen-bond donors (Lipinski definition) is 2. The summed E-state index contributed by atoms with van der Waals surface area (Å²) in [6.07, 6.45) is 7.05. The van der Waals surface area contributed by atoms with Crippen molar-refractivity contribution in [3.05, 3.63) is 0 Å². The van der Waals surface area contributed by atoms with Gasteiger partial charge in [-0.1, -0.05) is 0 Å². The van der Waals surface area contributed by atoms with Gasteiger partial charge < -0.3 is 20.3 Å². The van der Waals surface area contributed by atoms with Gasteiger partial charge in [0.25, 0.3) is 0 Å². The SMILES string of the molecule is CCNC(=NCC1CCCN1C)NC1CC2CCC1O2.I. The summed E-state index contributed by atoms with van der Waals surface area (Å²) in [5, 5.41) is 6.96. The normalized spacial score (nSPS) is 35.8. The van der Waals surface area contributed by atoms with Crippen LogP contribution in [0.4, 0.5) is 0 Å². The minimum absolute atomic E-state index is 0. The lowest BCUT2D eigenvalue weighted by Crippen LogP contribution is -2.47. The average molecular weight is 408 g/mol. The summed E-state index contributed by atoms with van der Waals surface area (Å²) in [6, 6.07) is 1.06. The van der Waals surface area contributed by atoms with Gasteiger partial charge in [0, 0.05) is 12.6 Å². The van der Waals surface area contributed by atoms with Crippen molar-refractivity contribution < 1.29 is 4.74 Å². The number of aliphatic imine (C=N–C) groups is 1. The third-order valence-electron chi connectivity index (χ3n) is 4.90. The van der Waals surface area contributed by atoms with Gasteiger partial charge in [0.15, 0.2) is 5.96 Å². The zero-order valence-electron chi connectivity index (χ0n) is 13.2. The lowest BCUT2D eigenvalue weighted by atomic mass is 9.96. The number of guanidine groups is 1. The zero-order chi connectivity index (χ0) is 13.9. The maximum atomic E-state index is 5.91. The summed E-state index contributed by atoms with van der Waals surface area (Å²) in [5.74, 6) is 0.967. The van der Waals surface area contributed by atoms with Crippen LogP contribution < -0.4 is 10.6 Å². The molecule has 3 heterocycles. The minimum Gasteiger partial charge on any atom is -0.373 e. The van der Waals surface area contributed by atoms with E-state index in [1.165, 1.54) is 32.2 Å². The number of likely N-dealkylation sites (N-methyl/N-ethyl adjacent to an activating group) is 1. The van der Waals surface area contributed by atoms with Gasteiger partial charge in [-0.25, -0.2) is 0 Å². The molecule has 3 saturated heterocycles. The predicted octanol–water partition coefficient (Wildman–Crippen LogP) is 1.57. The summed E-state index contributed by atoms with van der Waals surface area (Å²) < 4.78 is 5.91. The van der Waals surface area contributed by atoms with Gasteiger partial charge in [-0.2, -0.15) is 0 Å². The highest BCUT2D eigenvalue weighted by Gasteiger charge is 2.41. The van der Waals surface area contributed by atoms with Crippen LogP contribution in [0.15, 0.2) is 4.99 Å². The third kappa shape index (κ3) is 4.22. The lowest BCUT2D eigenvalue weighted by molar-refractivity contribution is 0.0992. The summed E-state index contributed by atoms with van der Waals surface area (Å²) in [7, 11) is 2.21.